The van der Waals surface area contributed by atoms with Crippen LogP contribution in [0.2, 0.25) is 0 Å². The van der Waals surface area contributed by atoms with Crippen molar-refractivity contribution in [3.05, 3.63) is 76.9 Å². The van der Waals surface area contributed by atoms with E-state index in [1.54, 1.807) is 28.4 Å². The zero-order valence-electron chi connectivity index (χ0n) is 23.5. The number of hydrogen-bond acceptors (Lipinski definition) is 5. The fourth-order valence-corrected chi connectivity index (χ4v) is 4.71. The minimum atomic E-state index is 0.743. The Kier molecular flexibility index (Phi) is 10.2. The van der Waals surface area contributed by atoms with Gasteiger partial charge in [-0.05, 0) is 48.7 Å². The van der Waals surface area contributed by atoms with E-state index in [2.05, 4.69) is 68.7 Å². The van der Waals surface area contributed by atoms with Crippen LogP contribution in [-0.2, 0) is 13.0 Å². The molecule has 1 N–H and O–H groups in total. The Labute approximate surface area is 222 Å². The number of ether oxygens (including phenoxy) is 4. The first-order valence-electron chi connectivity index (χ1n) is 12.9. The molecule has 1 unspecified atom stereocenters. The summed E-state index contributed by atoms with van der Waals surface area (Å²) in [5.74, 6) is 3.01. The van der Waals surface area contributed by atoms with Crippen LogP contribution >= 0.6 is 0 Å². The van der Waals surface area contributed by atoms with E-state index in [0.717, 1.165) is 66.5 Å². The monoisotopic (exact) mass is 507 g/mol. The van der Waals surface area contributed by atoms with E-state index >= 15 is 0 Å². The van der Waals surface area contributed by atoms with Crippen molar-refractivity contribution < 1.29 is 18.9 Å². The van der Waals surface area contributed by atoms with Gasteiger partial charge in [-0.25, -0.2) is 0 Å². The molecule has 0 aliphatic rings. The van der Waals surface area contributed by atoms with Crippen LogP contribution in [0, 0.1) is 13.8 Å². The number of quaternary nitrogens is 1. The lowest BCUT2D eigenvalue weighted by atomic mass is 10.1. The molecular weight excluding hydrogens is 464 g/mol. The Morgan fingerprint density at radius 3 is 2.03 bits per heavy atom. The molecule has 0 aliphatic heterocycles. The van der Waals surface area contributed by atoms with Gasteiger partial charge in [-0.1, -0.05) is 29.8 Å². The fourth-order valence-electron chi connectivity index (χ4n) is 4.71. The summed E-state index contributed by atoms with van der Waals surface area (Å²) in [6, 6.07) is 19.1. The minimum absolute atomic E-state index is 0.743. The zero-order valence-corrected chi connectivity index (χ0v) is 23.5. The maximum Gasteiger partial charge on any atom is 0.166 e. The average Bonchev–Trinajstić information content (AvgIpc) is 2.92. The molecule has 0 radical (unpaired) electrons. The molecular formula is C31H43N2O4+. The molecule has 0 fully saturated rings. The lowest BCUT2D eigenvalue weighted by Crippen LogP contribution is -2.48. The van der Waals surface area contributed by atoms with Crippen molar-refractivity contribution in [2.75, 3.05) is 55.1 Å². The second-order valence-electron chi connectivity index (χ2n) is 9.78. The molecule has 3 aromatic rings. The van der Waals surface area contributed by atoms with Gasteiger partial charge in [0.2, 0.25) is 0 Å². The van der Waals surface area contributed by atoms with Crippen molar-refractivity contribution in [2.24, 2.45) is 0 Å². The van der Waals surface area contributed by atoms with E-state index in [0.29, 0.717) is 0 Å². The van der Waals surface area contributed by atoms with Crippen LogP contribution in [0.4, 0.5) is 5.69 Å². The predicted molar refractivity (Wildman–Crippen MR) is 152 cm³/mol. The number of aryl methyl sites for hydroxylation is 2. The first-order valence-corrected chi connectivity index (χ1v) is 12.9. The summed E-state index contributed by atoms with van der Waals surface area (Å²) in [5, 5.41) is 3.65. The lowest BCUT2D eigenvalue weighted by Gasteiger charge is -2.35. The zero-order chi connectivity index (χ0) is 26.8. The molecule has 0 aliphatic carbocycles. The van der Waals surface area contributed by atoms with Gasteiger partial charge in [0, 0.05) is 38.1 Å². The first-order chi connectivity index (χ1) is 17.8. The van der Waals surface area contributed by atoms with Gasteiger partial charge in [0.05, 0.1) is 48.6 Å². The summed E-state index contributed by atoms with van der Waals surface area (Å²) in [6.45, 7) is 8.08. The number of nitrogens with zero attached hydrogens (tertiary/aromatic N) is 1. The van der Waals surface area contributed by atoms with Crippen molar-refractivity contribution in [1.82, 2.24) is 9.80 Å². The maximum absolute atomic E-state index is 5.63. The topological polar surface area (TPSA) is 49.0 Å². The van der Waals surface area contributed by atoms with Crippen LogP contribution in [0.5, 0.6) is 23.0 Å². The summed E-state index contributed by atoms with van der Waals surface area (Å²) in [7, 11) is 9.00. The Balaban J connectivity index is 1.73. The minimum Gasteiger partial charge on any atom is -0.493 e. The number of hydrogen-bond donors (Lipinski definition) is 1. The first kappa shape index (κ1) is 28.4. The van der Waals surface area contributed by atoms with Gasteiger partial charge in [0.15, 0.2) is 23.0 Å². The smallest absolute Gasteiger partial charge is 0.166 e. The standard InChI is InChI=1S/C31H43N2O4/c1-23-9-10-24(2)26(19-23)22-32-16-8-17-33(3,27-12-14-29(35-5)31(21-27)37-7)18-15-25-11-13-28(34-4)30(20-25)36-6/h9-14,19-21,32H,8,15-18,22H2,1-7H3/q+1. The normalized spacial score (nSPS) is 12.6. The third kappa shape index (κ3) is 7.40. The van der Waals surface area contributed by atoms with Crippen molar-refractivity contribution in [3.63, 3.8) is 0 Å². The van der Waals surface area contributed by atoms with Crippen LogP contribution in [-0.4, -0.2) is 55.1 Å². The molecule has 200 valence electrons. The third-order valence-corrected chi connectivity index (χ3v) is 7.16. The summed E-state index contributed by atoms with van der Waals surface area (Å²) >= 11 is 0. The molecule has 6 nitrogen and oxygen atoms in total. The molecule has 1 atom stereocenters. The van der Waals surface area contributed by atoms with Gasteiger partial charge in [0.1, 0.15) is 5.69 Å². The highest BCUT2D eigenvalue weighted by molar-refractivity contribution is 5.54. The highest BCUT2D eigenvalue weighted by atomic mass is 16.5. The maximum atomic E-state index is 5.63. The number of methoxy groups -OCH3 is 4. The van der Waals surface area contributed by atoms with Crippen LogP contribution in [0.1, 0.15) is 28.7 Å². The number of likely N-dealkylation sites (N-methyl/N-ethyl adjacent to an activating group) is 1. The van der Waals surface area contributed by atoms with E-state index in [-0.39, 0.29) is 0 Å². The van der Waals surface area contributed by atoms with Gasteiger partial charge >= 0.3 is 0 Å². The van der Waals surface area contributed by atoms with Gasteiger partial charge in [-0.2, -0.15) is 0 Å². The van der Waals surface area contributed by atoms with E-state index < -0.39 is 0 Å². The molecule has 0 saturated heterocycles. The molecule has 3 aromatic carbocycles. The van der Waals surface area contributed by atoms with Gasteiger partial charge in [-0.15, -0.1) is 0 Å². The van der Waals surface area contributed by atoms with E-state index in [1.165, 1.54) is 27.9 Å². The Bertz CT molecular complexity index is 1160. The molecule has 0 spiro atoms. The van der Waals surface area contributed by atoms with E-state index in [1.807, 2.05) is 12.1 Å². The van der Waals surface area contributed by atoms with Crippen molar-refractivity contribution in [1.29, 1.82) is 0 Å². The highest BCUT2D eigenvalue weighted by Gasteiger charge is 2.26. The summed E-state index contributed by atoms with van der Waals surface area (Å²) in [4.78, 5) is 0. The predicted octanol–water partition coefficient (Wildman–Crippen LogP) is 5.70. The quantitative estimate of drug-likeness (QED) is 0.224. The fraction of sp³-hybridized carbons (Fsp3) is 0.419. The van der Waals surface area contributed by atoms with Crippen LogP contribution < -0.4 is 28.7 Å². The molecule has 0 saturated carbocycles. The molecule has 3 rings (SSSR count). The molecule has 37 heavy (non-hydrogen) atoms. The molecule has 0 aromatic heterocycles. The van der Waals surface area contributed by atoms with Crippen LogP contribution in [0.3, 0.4) is 0 Å². The van der Waals surface area contributed by atoms with Crippen molar-refractivity contribution >= 4 is 5.69 Å². The van der Waals surface area contributed by atoms with Crippen molar-refractivity contribution in [2.45, 2.75) is 33.2 Å². The Morgan fingerprint density at radius 2 is 1.35 bits per heavy atom. The van der Waals surface area contributed by atoms with E-state index in [4.69, 9.17) is 18.9 Å². The molecule has 0 heterocycles. The number of benzene rings is 3. The number of rotatable bonds is 14. The van der Waals surface area contributed by atoms with Crippen LogP contribution in [0.25, 0.3) is 0 Å². The Hall–Kier alpha value is -3.22. The van der Waals surface area contributed by atoms with Gasteiger partial charge < -0.3 is 24.3 Å². The summed E-state index contributed by atoms with van der Waals surface area (Å²) in [6.07, 6.45) is 1.95. The largest absolute Gasteiger partial charge is 0.493 e. The second-order valence-corrected chi connectivity index (χ2v) is 9.78. The van der Waals surface area contributed by atoms with Crippen LogP contribution in [0.15, 0.2) is 54.6 Å². The molecule has 0 bridgehead atoms. The third-order valence-electron chi connectivity index (χ3n) is 7.16. The molecule has 0 amide bonds. The second kappa shape index (κ2) is 13.4. The molecule has 6 heteroatoms. The Morgan fingerprint density at radius 1 is 0.703 bits per heavy atom. The van der Waals surface area contributed by atoms with Crippen molar-refractivity contribution in [3.8, 4) is 23.0 Å². The average molecular weight is 508 g/mol. The number of nitrogens with one attached hydrogen (secondary N) is 1. The summed E-state index contributed by atoms with van der Waals surface area (Å²) < 4.78 is 22.8. The highest BCUT2D eigenvalue weighted by Crippen LogP contribution is 2.34. The van der Waals surface area contributed by atoms with E-state index in [9.17, 15) is 0 Å². The van der Waals surface area contributed by atoms with Gasteiger partial charge in [-0.3, -0.25) is 4.48 Å². The van der Waals surface area contributed by atoms with Gasteiger partial charge in [0.25, 0.3) is 0 Å². The lowest BCUT2D eigenvalue weighted by molar-refractivity contribution is 0.319. The summed E-state index contributed by atoms with van der Waals surface area (Å²) in [5.41, 5.74) is 6.42. The SMILES string of the molecule is COc1ccc(CC[N+](C)(CCCNCc2cc(C)ccc2C)c2ccc(OC)c(OC)c2)cc1OC.